The highest BCUT2D eigenvalue weighted by molar-refractivity contribution is 7.91. The summed E-state index contributed by atoms with van der Waals surface area (Å²) < 4.78 is 30.0. The van der Waals surface area contributed by atoms with Gasteiger partial charge in [-0.3, -0.25) is 4.79 Å². The van der Waals surface area contributed by atoms with Crippen LogP contribution in [0.5, 0.6) is 0 Å². The lowest BCUT2D eigenvalue weighted by molar-refractivity contribution is -0.130. The minimum Gasteiger partial charge on any atom is -0.384 e. The third kappa shape index (κ3) is 3.89. The minimum absolute atomic E-state index is 0.0268. The molecule has 0 unspecified atom stereocenters. The largest absolute Gasteiger partial charge is 0.384 e. The Morgan fingerprint density at radius 2 is 2.13 bits per heavy atom. The molecule has 1 amide bonds. The summed E-state index contributed by atoms with van der Waals surface area (Å²) in [5.41, 5.74) is 1.78. The molecule has 2 aliphatic rings. The van der Waals surface area contributed by atoms with E-state index in [0.29, 0.717) is 25.6 Å². The molecular weight excluding hydrogens is 320 g/mol. The third-order valence-corrected chi connectivity index (χ3v) is 5.02. The number of methoxy groups -OCH3 is 1. The molecule has 0 spiro atoms. The van der Waals surface area contributed by atoms with Crippen LogP contribution in [-0.4, -0.2) is 66.5 Å². The Balaban J connectivity index is 1.81. The van der Waals surface area contributed by atoms with Crippen LogP contribution in [0.25, 0.3) is 0 Å². The molecule has 0 radical (unpaired) electrons. The van der Waals surface area contributed by atoms with Crippen LogP contribution in [0.1, 0.15) is 30.1 Å². The van der Waals surface area contributed by atoms with E-state index in [1.54, 1.807) is 12.0 Å². The minimum atomic E-state index is -3.35. The van der Waals surface area contributed by atoms with E-state index in [1.807, 2.05) is 4.68 Å². The molecule has 23 heavy (non-hydrogen) atoms. The van der Waals surface area contributed by atoms with Crippen LogP contribution in [0.2, 0.25) is 0 Å². The van der Waals surface area contributed by atoms with Crippen molar-refractivity contribution in [2.24, 2.45) is 5.92 Å². The number of carbonyl (C=O) groups excluding carboxylic acids is 1. The van der Waals surface area contributed by atoms with Crippen LogP contribution < -0.4 is 0 Å². The van der Waals surface area contributed by atoms with Gasteiger partial charge in [0, 0.05) is 32.4 Å². The Labute approximate surface area is 135 Å². The Morgan fingerprint density at radius 1 is 1.39 bits per heavy atom. The molecular formula is C14H22N4O4S. The molecule has 1 atom stereocenters. The van der Waals surface area contributed by atoms with Crippen molar-refractivity contribution in [1.29, 1.82) is 0 Å². The van der Waals surface area contributed by atoms with E-state index in [1.165, 1.54) is 12.8 Å². The van der Waals surface area contributed by atoms with Crippen LogP contribution in [-0.2, 0) is 32.5 Å². The molecule has 1 aliphatic carbocycles. The summed E-state index contributed by atoms with van der Waals surface area (Å²) >= 11 is 0. The highest BCUT2D eigenvalue weighted by atomic mass is 32.2. The predicted molar refractivity (Wildman–Crippen MR) is 82.5 cm³/mol. The van der Waals surface area contributed by atoms with E-state index in [-0.39, 0.29) is 5.92 Å². The van der Waals surface area contributed by atoms with Crippen LogP contribution in [0, 0.1) is 5.92 Å². The van der Waals surface area contributed by atoms with E-state index in [4.69, 9.17) is 4.74 Å². The fraction of sp³-hybridized carbons (Fsp3) is 0.786. The summed E-state index contributed by atoms with van der Waals surface area (Å²) in [5.74, 6) is -0.219. The summed E-state index contributed by atoms with van der Waals surface area (Å²) in [7, 11) is -1.73. The van der Waals surface area contributed by atoms with Crippen molar-refractivity contribution in [2.45, 2.75) is 31.8 Å². The first-order valence-corrected chi connectivity index (χ1v) is 9.80. The Bertz CT molecular complexity index is 696. The van der Waals surface area contributed by atoms with Gasteiger partial charge in [0.1, 0.15) is 11.4 Å². The lowest BCUT2D eigenvalue weighted by Crippen LogP contribution is -2.42. The van der Waals surface area contributed by atoms with Crippen molar-refractivity contribution < 1.29 is 17.9 Å². The van der Waals surface area contributed by atoms with Gasteiger partial charge in [-0.15, -0.1) is 5.10 Å². The molecule has 128 valence electrons. The topological polar surface area (TPSA) is 94.4 Å². The van der Waals surface area contributed by atoms with Crippen molar-refractivity contribution in [2.75, 3.05) is 32.3 Å². The van der Waals surface area contributed by atoms with E-state index in [0.717, 1.165) is 24.2 Å². The predicted octanol–water partition coefficient (Wildman–Crippen LogP) is -0.195. The van der Waals surface area contributed by atoms with Gasteiger partial charge in [-0.05, 0) is 18.8 Å². The Hall–Kier alpha value is -1.48. The SMILES string of the molecule is COC[C@@H]1CN(C(=O)CS(C)(=O)=O)Cc2nnn(CC3CC3)c21. The maximum atomic E-state index is 12.2. The van der Waals surface area contributed by atoms with Gasteiger partial charge in [-0.25, -0.2) is 13.1 Å². The number of rotatable bonds is 6. The smallest absolute Gasteiger partial charge is 0.238 e. The standard InChI is InChI=1S/C14H22N4O4S/c1-22-8-11-6-17(13(19)9-23(2,20)21)7-12-14(11)18(16-15-12)5-10-3-4-10/h10-11H,3-9H2,1-2H3/t11-/m0/s1. The molecule has 0 saturated heterocycles. The molecule has 8 nitrogen and oxygen atoms in total. The highest BCUT2D eigenvalue weighted by Gasteiger charge is 2.35. The van der Waals surface area contributed by atoms with Crippen molar-refractivity contribution in [1.82, 2.24) is 19.9 Å². The fourth-order valence-electron chi connectivity index (χ4n) is 3.03. The number of nitrogens with zero attached hydrogens (tertiary/aromatic N) is 4. The first-order chi connectivity index (χ1) is 10.9. The summed E-state index contributed by atoms with van der Waals surface area (Å²) in [6.07, 6.45) is 3.52. The van der Waals surface area contributed by atoms with Crippen LogP contribution >= 0.6 is 0 Å². The number of ether oxygens (including phenoxy) is 1. The van der Waals surface area contributed by atoms with Gasteiger partial charge >= 0.3 is 0 Å². The van der Waals surface area contributed by atoms with E-state index >= 15 is 0 Å². The molecule has 1 aromatic rings. The molecule has 9 heteroatoms. The Kier molecular flexibility index (Phi) is 4.41. The van der Waals surface area contributed by atoms with E-state index in [9.17, 15) is 13.2 Å². The van der Waals surface area contributed by atoms with Crippen LogP contribution in [0.15, 0.2) is 0 Å². The number of sulfone groups is 1. The zero-order valence-corrected chi connectivity index (χ0v) is 14.3. The monoisotopic (exact) mass is 342 g/mol. The second-order valence-corrected chi connectivity index (χ2v) is 8.68. The zero-order valence-electron chi connectivity index (χ0n) is 13.4. The van der Waals surface area contributed by atoms with Crippen molar-refractivity contribution in [3.8, 4) is 0 Å². The van der Waals surface area contributed by atoms with Crippen molar-refractivity contribution >= 4 is 15.7 Å². The Morgan fingerprint density at radius 3 is 2.74 bits per heavy atom. The van der Waals surface area contributed by atoms with Gasteiger partial charge in [0.05, 0.1) is 18.8 Å². The van der Waals surface area contributed by atoms with Gasteiger partial charge in [-0.1, -0.05) is 5.21 Å². The number of hydrogen-bond donors (Lipinski definition) is 0. The number of fused-ring (bicyclic) bond motifs is 1. The maximum Gasteiger partial charge on any atom is 0.238 e. The normalized spacial score (nSPS) is 21.3. The molecule has 3 rings (SSSR count). The molecule has 2 heterocycles. The maximum absolute atomic E-state index is 12.2. The van der Waals surface area contributed by atoms with Crippen molar-refractivity contribution in [3.63, 3.8) is 0 Å². The van der Waals surface area contributed by atoms with Crippen LogP contribution in [0.4, 0.5) is 0 Å². The third-order valence-electron chi connectivity index (χ3n) is 4.25. The second-order valence-electron chi connectivity index (χ2n) is 6.54. The number of aromatic nitrogens is 3. The summed E-state index contributed by atoms with van der Waals surface area (Å²) in [5, 5.41) is 8.45. The lowest BCUT2D eigenvalue weighted by Gasteiger charge is -2.32. The average molecular weight is 342 g/mol. The fourth-order valence-corrected chi connectivity index (χ4v) is 3.66. The van der Waals surface area contributed by atoms with Gasteiger partial charge < -0.3 is 9.64 Å². The molecule has 1 fully saturated rings. The quantitative estimate of drug-likeness (QED) is 0.711. The first-order valence-electron chi connectivity index (χ1n) is 7.74. The number of amides is 1. The van der Waals surface area contributed by atoms with Crippen LogP contribution in [0.3, 0.4) is 0 Å². The number of hydrogen-bond acceptors (Lipinski definition) is 6. The average Bonchev–Trinajstić information content (AvgIpc) is 3.17. The second kappa shape index (κ2) is 6.20. The molecule has 1 aliphatic heterocycles. The van der Waals surface area contributed by atoms with E-state index in [2.05, 4.69) is 10.3 Å². The van der Waals surface area contributed by atoms with E-state index < -0.39 is 21.5 Å². The summed E-state index contributed by atoms with van der Waals surface area (Å²) in [6, 6.07) is 0. The van der Waals surface area contributed by atoms with Gasteiger partial charge in [0.15, 0.2) is 9.84 Å². The zero-order chi connectivity index (χ0) is 16.6. The molecule has 1 aromatic heterocycles. The molecule has 0 aromatic carbocycles. The first kappa shape index (κ1) is 16.4. The summed E-state index contributed by atoms with van der Waals surface area (Å²) in [6.45, 7) is 2.06. The molecule has 0 bridgehead atoms. The van der Waals surface area contributed by atoms with Gasteiger partial charge in [0.2, 0.25) is 5.91 Å². The molecule has 1 saturated carbocycles. The molecule has 0 N–H and O–H groups in total. The van der Waals surface area contributed by atoms with Gasteiger partial charge in [0.25, 0.3) is 0 Å². The highest BCUT2D eigenvalue weighted by Crippen LogP contribution is 2.33. The number of carbonyl (C=O) groups is 1. The summed E-state index contributed by atoms with van der Waals surface area (Å²) in [4.78, 5) is 13.8. The van der Waals surface area contributed by atoms with Gasteiger partial charge in [-0.2, -0.15) is 0 Å². The lowest BCUT2D eigenvalue weighted by atomic mass is 9.98. The van der Waals surface area contributed by atoms with Crippen molar-refractivity contribution in [3.05, 3.63) is 11.4 Å².